The van der Waals surface area contributed by atoms with Crippen LogP contribution >= 0.6 is 0 Å². The molecule has 0 bridgehead atoms. The minimum Gasteiger partial charge on any atom is -1.00 e. The molecule has 0 heterocycles. The summed E-state index contributed by atoms with van der Waals surface area (Å²) in [4.78, 5) is 12.9. The summed E-state index contributed by atoms with van der Waals surface area (Å²) in [6.45, 7) is 1.19. The van der Waals surface area contributed by atoms with Gasteiger partial charge in [0, 0.05) is 0 Å². The van der Waals surface area contributed by atoms with Crippen LogP contribution in [0, 0.1) is 0 Å². The van der Waals surface area contributed by atoms with Gasteiger partial charge in [-0.25, -0.2) is 4.79 Å². The summed E-state index contributed by atoms with van der Waals surface area (Å²) in [5.41, 5.74) is 0. The Kier molecular flexibility index (Phi) is 32.5. The van der Waals surface area contributed by atoms with E-state index in [4.69, 9.17) is 10.4 Å². The van der Waals surface area contributed by atoms with Crippen molar-refractivity contribution in [2.45, 2.75) is 13.0 Å². The van der Waals surface area contributed by atoms with E-state index in [2.05, 4.69) is 4.89 Å². The molecule has 0 fully saturated rings. The Hall–Kier alpha value is 2.62. The maximum absolute atomic E-state index is 9.79. The molecule has 2 N–H and O–H groups in total. The zero-order valence-electron chi connectivity index (χ0n) is 9.79. The molecule has 0 amide bonds. The molecule has 0 aromatic heterocycles. The smallest absolute Gasteiger partial charge is 1.00 e. The van der Waals surface area contributed by atoms with Crippen molar-refractivity contribution in [3.63, 3.8) is 0 Å². The summed E-state index contributed by atoms with van der Waals surface area (Å²) in [6.07, 6.45) is -1.25. The predicted molar refractivity (Wildman–Crippen MR) is 23.7 cm³/mol. The Labute approximate surface area is 140 Å². The predicted octanol–water partition coefficient (Wildman–Crippen LogP) is -9.27. The monoisotopic (exact) mass is 178 g/mol. The van der Waals surface area contributed by atoms with E-state index in [1.807, 2.05) is 0 Å². The average Bonchev–Trinajstić information content (AvgIpc) is 1.65. The first kappa shape index (κ1) is 22.9. The van der Waals surface area contributed by atoms with Crippen LogP contribution in [0.1, 0.15) is 11.2 Å². The molecule has 7 heteroatoms. The SMILES string of the molecule is CC(O)C(=O)OO.[H-].[H-].[H-].[K+].[Li+].[Na+]. The summed E-state index contributed by atoms with van der Waals surface area (Å²) < 4.78 is 0. The molecule has 0 saturated heterocycles. The molecule has 10 heavy (non-hydrogen) atoms. The van der Waals surface area contributed by atoms with E-state index < -0.39 is 12.1 Å². The molecule has 1 unspecified atom stereocenters. The number of carbonyl (C=O) groups is 1. The van der Waals surface area contributed by atoms with Gasteiger partial charge in [-0.2, -0.15) is 5.26 Å². The van der Waals surface area contributed by atoms with Gasteiger partial charge in [0.1, 0.15) is 0 Å². The van der Waals surface area contributed by atoms with Crippen LogP contribution in [0.25, 0.3) is 0 Å². The Morgan fingerprint density at radius 1 is 1.70 bits per heavy atom. The molecule has 0 spiro atoms. The van der Waals surface area contributed by atoms with E-state index in [-0.39, 0.29) is 104 Å². The van der Waals surface area contributed by atoms with E-state index in [0.29, 0.717) is 0 Å². The number of aliphatic hydroxyl groups excluding tert-OH is 1. The number of hydrogen-bond donors (Lipinski definition) is 2. The second-order valence-corrected chi connectivity index (χ2v) is 1.09. The van der Waals surface area contributed by atoms with Crippen molar-refractivity contribution in [3.05, 3.63) is 0 Å². The summed E-state index contributed by atoms with van der Waals surface area (Å²) in [5.74, 6) is -1.04. The van der Waals surface area contributed by atoms with Crippen molar-refractivity contribution in [2.24, 2.45) is 0 Å². The summed E-state index contributed by atoms with van der Waals surface area (Å²) in [7, 11) is 0. The molecule has 0 aromatic carbocycles. The molecule has 48 valence electrons. The standard InChI is InChI=1S/C3H6O4.K.Li.Na.3H/c1-2(4)3(5)7-6;;;;;;/h2,4,6H,1H3;;;;;;/q;3*+1;3*-1. The summed E-state index contributed by atoms with van der Waals surface area (Å²) in [6, 6.07) is 0. The normalized spacial score (nSPS) is 9.10. The third kappa shape index (κ3) is 13.2. The van der Waals surface area contributed by atoms with Gasteiger partial charge in [0.25, 0.3) is 0 Å². The van der Waals surface area contributed by atoms with Crippen LogP contribution in [0.5, 0.6) is 0 Å². The molecule has 0 aromatic rings. The van der Waals surface area contributed by atoms with Gasteiger partial charge in [-0.1, -0.05) is 0 Å². The Morgan fingerprint density at radius 2 is 2.00 bits per heavy atom. The third-order valence-electron chi connectivity index (χ3n) is 0.431. The first-order valence-corrected chi connectivity index (χ1v) is 1.72. The fourth-order valence-electron chi connectivity index (χ4n) is 0.0763. The van der Waals surface area contributed by atoms with Crippen molar-refractivity contribution in [1.29, 1.82) is 0 Å². The molecular formula is C3H9KLiNaO4. The van der Waals surface area contributed by atoms with Gasteiger partial charge in [0.15, 0.2) is 6.10 Å². The topological polar surface area (TPSA) is 66.8 Å². The largest absolute Gasteiger partial charge is 1.00 e. The number of hydrogen-bond acceptors (Lipinski definition) is 4. The molecule has 0 radical (unpaired) electrons. The molecule has 4 nitrogen and oxygen atoms in total. The molecule has 0 saturated carbocycles. The van der Waals surface area contributed by atoms with E-state index in [1.54, 1.807) is 0 Å². The molecule has 1 atom stereocenters. The van der Waals surface area contributed by atoms with Gasteiger partial charge in [0.2, 0.25) is 0 Å². The second-order valence-electron chi connectivity index (χ2n) is 1.09. The third-order valence-corrected chi connectivity index (χ3v) is 0.431. The first-order valence-electron chi connectivity index (χ1n) is 1.72. The van der Waals surface area contributed by atoms with Gasteiger partial charge in [-0.05, 0) is 6.92 Å². The van der Waals surface area contributed by atoms with Gasteiger partial charge in [-0.15, -0.1) is 0 Å². The maximum Gasteiger partial charge on any atom is 1.00 e. The number of rotatable bonds is 1. The van der Waals surface area contributed by atoms with E-state index in [0.717, 1.165) is 0 Å². The van der Waals surface area contributed by atoms with Gasteiger partial charge in [-0.3, -0.25) is 4.89 Å². The molecule has 0 aliphatic heterocycles. The van der Waals surface area contributed by atoms with Crippen LogP contribution in [-0.2, 0) is 9.68 Å². The van der Waals surface area contributed by atoms with Crippen molar-refractivity contribution < 1.29 is 124 Å². The van der Waals surface area contributed by atoms with E-state index in [1.165, 1.54) is 6.92 Å². The quantitative estimate of drug-likeness (QED) is 0.238. The van der Waals surface area contributed by atoms with Crippen molar-refractivity contribution in [3.8, 4) is 0 Å². The van der Waals surface area contributed by atoms with Crippen LogP contribution in [0.15, 0.2) is 0 Å². The van der Waals surface area contributed by atoms with Gasteiger partial charge >= 0.3 is 106 Å². The maximum atomic E-state index is 9.79. The Balaban J connectivity index is -0.0000000120. The van der Waals surface area contributed by atoms with Crippen LogP contribution in [0.3, 0.4) is 0 Å². The van der Waals surface area contributed by atoms with E-state index in [9.17, 15) is 4.79 Å². The van der Waals surface area contributed by atoms with Crippen LogP contribution in [0.2, 0.25) is 0 Å². The molecular weight excluding hydrogens is 169 g/mol. The summed E-state index contributed by atoms with van der Waals surface area (Å²) >= 11 is 0. The fraction of sp³-hybridized carbons (Fsp3) is 0.667. The Bertz CT molecular complexity index is 91.0. The van der Waals surface area contributed by atoms with Crippen LogP contribution < -0.4 is 99.8 Å². The molecule has 0 aliphatic carbocycles. The molecule has 0 rings (SSSR count). The fourth-order valence-corrected chi connectivity index (χ4v) is 0.0763. The minimum absolute atomic E-state index is 0. The number of aliphatic hydroxyl groups is 1. The minimum atomic E-state index is -1.25. The zero-order valence-corrected chi connectivity index (χ0v) is 11.9. The van der Waals surface area contributed by atoms with Crippen molar-refractivity contribution in [1.82, 2.24) is 0 Å². The van der Waals surface area contributed by atoms with Crippen molar-refractivity contribution >= 4 is 5.97 Å². The first-order chi connectivity index (χ1) is 3.18. The Morgan fingerprint density at radius 3 is 2.00 bits per heavy atom. The van der Waals surface area contributed by atoms with E-state index >= 15 is 0 Å². The average molecular weight is 178 g/mol. The number of carbonyl (C=O) groups excluding carboxylic acids is 1. The van der Waals surface area contributed by atoms with Crippen LogP contribution in [-0.4, -0.2) is 22.4 Å². The van der Waals surface area contributed by atoms with Crippen molar-refractivity contribution in [2.75, 3.05) is 0 Å². The van der Waals surface area contributed by atoms with Gasteiger partial charge < -0.3 is 9.39 Å². The second kappa shape index (κ2) is 14.2. The zero-order chi connectivity index (χ0) is 5.86. The molecule has 0 aliphatic rings. The van der Waals surface area contributed by atoms with Gasteiger partial charge in [0.05, 0.1) is 0 Å². The summed E-state index contributed by atoms with van der Waals surface area (Å²) in [5, 5.41) is 15.7. The van der Waals surface area contributed by atoms with Crippen LogP contribution in [0.4, 0.5) is 0 Å².